The number of rotatable bonds is 2. The molecular formula is C15H20INO. The van der Waals surface area contributed by atoms with E-state index in [1.165, 1.54) is 5.56 Å². The molecule has 1 unspecified atom stereocenters. The van der Waals surface area contributed by atoms with Gasteiger partial charge in [-0.05, 0) is 30.7 Å². The topological polar surface area (TPSA) is 20.3 Å². The predicted molar refractivity (Wildman–Crippen MR) is 83.1 cm³/mol. The lowest BCUT2D eigenvalue weighted by Gasteiger charge is -2.40. The molecule has 1 amide bonds. The van der Waals surface area contributed by atoms with E-state index in [-0.39, 0.29) is 15.2 Å². The molecule has 2 rings (SSSR count). The van der Waals surface area contributed by atoms with Crippen LogP contribution in [-0.2, 0) is 10.2 Å². The first-order valence-electron chi connectivity index (χ1n) is 6.51. The van der Waals surface area contributed by atoms with E-state index in [0.29, 0.717) is 0 Å². The smallest absolute Gasteiger partial charge is 0.235 e. The Morgan fingerprint density at radius 3 is 2.33 bits per heavy atom. The lowest BCUT2D eigenvalue weighted by Crippen LogP contribution is -2.45. The largest absolute Gasteiger partial charge is 0.342 e. The summed E-state index contributed by atoms with van der Waals surface area (Å²) in [6.45, 7) is 6.06. The Hall–Kier alpha value is -0.580. The van der Waals surface area contributed by atoms with Crippen molar-refractivity contribution in [3.63, 3.8) is 0 Å². The second-order valence-corrected chi connectivity index (χ2v) is 7.24. The van der Waals surface area contributed by atoms with Gasteiger partial charge in [-0.3, -0.25) is 4.79 Å². The van der Waals surface area contributed by atoms with Gasteiger partial charge in [-0.2, -0.15) is 0 Å². The number of nitrogens with zero attached hydrogens (tertiary/aromatic N) is 1. The molecule has 98 valence electrons. The van der Waals surface area contributed by atoms with Gasteiger partial charge >= 0.3 is 0 Å². The third kappa shape index (κ3) is 2.87. The van der Waals surface area contributed by atoms with Crippen molar-refractivity contribution in [3.05, 3.63) is 35.9 Å². The quantitative estimate of drug-likeness (QED) is 0.587. The minimum absolute atomic E-state index is 0.0867. The first-order chi connectivity index (χ1) is 8.53. The van der Waals surface area contributed by atoms with Crippen LogP contribution < -0.4 is 0 Å². The average molecular weight is 357 g/mol. The van der Waals surface area contributed by atoms with Crippen molar-refractivity contribution in [2.45, 2.75) is 36.0 Å². The van der Waals surface area contributed by atoms with Gasteiger partial charge in [-0.1, -0.05) is 59.8 Å². The maximum Gasteiger partial charge on any atom is 0.235 e. The molecule has 1 heterocycles. The first kappa shape index (κ1) is 13.8. The lowest BCUT2D eigenvalue weighted by molar-refractivity contribution is -0.131. The van der Waals surface area contributed by atoms with Gasteiger partial charge in [0.2, 0.25) is 5.91 Å². The van der Waals surface area contributed by atoms with E-state index in [2.05, 4.69) is 59.8 Å². The van der Waals surface area contributed by atoms with Crippen LogP contribution in [0, 0.1) is 0 Å². The molecule has 0 aromatic heterocycles. The summed E-state index contributed by atoms with van der Waals surface area (Å²) < 4.78 is 0.0867. The molecule has 1 aromatic carbocycles. The molecule has 0 bridgehead atoms. The summed E-state index contributed by atoms with van der Waals surface area (Å²) in [5, 5.41) is 0. The maximum atomic E-state index is 12.0. The molecule has 0 saturated carbocycles. The molecule has 1 aliphatic rings. The van der Waals surface area contributed by atoms with Crippen LogP contribution in [0.4, 0.5) is 0 Å². The van der Waals surface area contributed by atoms with Gasteiger partial charge in [0.15, 0.2) is 0 Å². The Labute approximate surface area is 123 Å². The van der Waals surface area contributed by atoms with Gasteiger partial charge in [-0.15, -0.1) is 0 Å². The standard InChI is InChI=1S/C15H20INO/c1-12(16)14(18)17-10-8-15(2,9-11-17)13-6-4-3-5-7-13/h3-7,12H,8-11H2,1-2H3. The summed E-state index contributed by atoms with van der Waals surface area (Å²) in [6.07, 6.45) is 2.12. The van der Waals surface area contributed by atoms with Crippen LogP contribution in [0.25, 0.3) is 0 Å². The molecule has 3 heteroatoms. The molecule has 0 spiro atoms. The van der Waals surface area contributed by atoms with E-state index in [1.54, 1.807) is 0 Å². The van der Waals surface area contributed by atoms with E-state index >= 15 is 0 Å². The zero-order valence-electron chi connectivity index (χ0n) is 11.0. The van der Waals surface area contributed by atoms with Crippen LogP contribution in [0.2, 0.25) is 0 Å². The van der Waals surface area contributed by atoms with Gasteiger partial charge in [0.1, 0.15) is 0 Å². The monoisotopic (exact) mass is 357 g/mol. The Kier molecular flexibility index (Phi) is 4.30. The van der Waals surface area contributed by atoms with Crippen molar-refractivity contribution in [1.82, 2.24) is 4.90 Å². The van der Waals surface area contributed by atoms with Crippen molar-refractivity contribution < 1.29 is 4.79 Å². The maximum absolute atomic E-state index is 12.0. The number of hydrogen-bond donors (Lipinski definition) is 0. The lowest BCUT2D eigenvalue weighted by atomic mass is 9.74. The van der Waals surface area contributed by atoms with Crippen LogP contribution >= 0.6 is 22.6 Å². The number of amides is 1. The van der Waals surface area contributed by atoms with Crippen LogP contribution in [0.1, 0.15) is 32.3 Å². The summed E-state index contributed by atoms with van der Waals surface area (Å²) in [6, 6.07) is 10.7. The van der Waals surface area contributed by atoms with Gasteiger partial charge in [0.25, 0.3) is 0 Å². The van der Waals surface area contributed by atoms with Gasteiger partial charge in [0.05, 0.1) is 3.92 Å². The second-order valence-electron chi connectivity index (χ2n) is 5.37. The Morgan fingerprint density at radius 1 is 1.28 bits per heavy atom. The fraction of sp³-hybridized carbons (Fsp3) is 0.533. The molecule has 1 aromatic rings. The van der Waals surface area contributed by atoms with Crippen molar-refractivity contribution >= 4 is 28.5 Å². The average Bonchev–Trinajstić information content (AvgIpc) is 2.40. The van der Waals surface area contributed by atoms with Crippen LogP contribution in [0.5, 0.6) is 0 Å². The first-order valence-corrected chi connectivity index (χ1v) is 7.76. The third-order valence-corrected chi connectivity index (χ3v) is 4.52. The molecular weight excluding hydrogens is 337 g/mol. The molecule has 18 heavy (non-hydrogen) atoms. The highest BCUT2D eigenvalue weighted by atomic mass is 127. The van der Waals surface area contributed by atoms with Crippen molar-refractivity contribution in [2.24, 2.45) is 0 Å². The van der Waals surface area contributed by atoms with E-state index in [1.807, 2.05) is 11.8 Å². The molecule has 1 atom stereocenters. The summed E-state index contributed by atoms with van der Waals surface area (Å²) >= 11 is 2.20. The highest BCUT2D eigenvalue weighted by molar-refractivity contribution is 14.1. The second kappa shape index (κ2) is 5.59. The SMILES string of the molecule is CC(I)C(=O)N1CCC(C)(c2ccccc2)CC1. The minimum atomic E-state index is 0.0867. The fourth-order valence-corrected chi connectivity index (χ4v) is 3.00. The van der Waals surface area contributed by atoms with Gasteiger partial charge < -0.3 is 4.90 Å². The Morgan fingerprint density at radius 2 is 1.83 bits per heavy atom. The number of likely N-dealkylation sites (tertiary alicyclic amines) is 1. The summed E-state index contributed by atoms with van der Waals surface area (Å²) in [7, 11) is 0. The number of alkyl halides is 1. The number of carbonyl (C=O) groups is 1. The van der Waals surface area contributed by atoms with Crippen molar-refractivity contribution in [1.29, 1.82) is 0 Å². The molecule has 1 saturated heterocycles. The van der Waals surface area contributed by atoms with Crippen molar-refractivity contribution in [2.75, 3.05) is 13.1 Å². The molecule has 0 radical (unpaired) electrons. The van der Waals surface area contributed by atoms with E-state index in [0.717, 1.165) is 25.9 Å². The van der Waals surface area contributed by atoms with E-state index < -0.39 is 0 Å². The molecule has 1 aliphatic heterocycles. The van der Waals surface area contributed by atoms with Gasteiger partial charge in [-0.25, -0.2) is 0 Å². The van der Waals surface area contributed by atoms with Crippen LogP contribution in [0.15, 0.2) is 30.3 Å². The van der Waals surface area contributed by atoms with Gasteiger partial charge in [0, 0.05) is 13.1 Å². The summed E-state index contributed by atoms with van der Waals surface area (Å²) in [4.78, 5) is 14.0. The fourth-order valence-electron chi connectivity index (χ4n) is 2.60. The number of carbonyl (C=O) groups excluding carboxylic acids is 1. The number of benzene rings is 1. The highest BCUT2D eigenvalue weighted by Crippen LogP contribution is 2.35. The number of piperidine rings is 1. The molecule has 0 N–H and O–H groups in total. The zero-order valence-corrected chi connectivity index (χ0v) is 13.2. The minimum Gasteiger partial charge on any atom is -0.342 e. The molecule has 0 aliphatic carbocycles. The Bertz CT molecular complexity index is 408. The van der Waals surface area contributed by atoms with Crippen LogP contribution in [0.3, 0.4) is 0 Å². The normalized spacial score (nSPS) is 20.5. The molecule has 1 fully saturated rings. The third-order valence-electron chi connectivity index (χ3n) is 3.99. The zero-order chi connectivity index (χ0) is 13.2. The van der Waals surface area contributed by atoms with E-state index in [9.17, 15) is 4.79 Å². The Balaban J connectivity index is 2.04. The number of hydrogen-bond acceptors (Lipinski definition) is 1. The van der Waals surface area contributed by atoms with E-state index in [4.69, 9.17) is 0 Å². The molecule has 2 nitrogen and oxygen atoms in total. The number of halogens is 1. The van der Waals surface area contributed by atoms with Crippen molar-refractivity contribution in [3.8, 4) is 0 Å². The predicted octanol–water partition coefficient (Wildman–Crippen LogP) is 3.39. The highest BCUT2D eigenvalue weighted by Gasteiger charge is 2.33. The summed E-state index contributed by atoms with van der Waals surface area (Å²) in [5.41, 5.74) is 1.63. The van der Waals surface area contributed by atoms with Crippen LogP contribution in [-0.4, -0.2) is 27.8 Å². The summed E-state index contributed by atoms with van der Waals surface area (Å²) in [5.74, 6) is 0.283.